The third-order valence-corrected chi connectivity index (χ3v) is 5.86. The third kappa shape index (κ3) is 3.36. The van der Waals surface area contributed by atoms with E-state index in [1.165, 1.54) is 10.7 Å². The molecule has 1 aliphatic carbocycles. The molecule has 3 aromatic rings. The number of aromatic nitrogens is 3. The molecule has 0 bridgehead atoms. The molecule has 0 saturated heterocycles. The number of rotatable bonds is 4. The van der Waals surface area contributed by atoms with Gasteiger partial charge in [-0.25, -0.2) is 27.1 Å². The number of halogens is 4. The molecule has 28 heavy (non-hydrogen) atoms. The van der Waals surface area contributed by atoms with E-state index in [1.807, 2.05) is 0 Å². The Balaban J connectivity index is 1.68. The van der Waals surface area contributed by atoms with Crippen molar-refractivity contribution in [1.82, 2.24) is 19.9 Å². The number of hydrogen-bond donors (Lipinski definition) is 1. The Kier molecular flexibility index (Phi) is 4.82. The van der Waals surface area contributed by atoms with E-state index in [0.717, 1.165) is 0 Å². The molecule has 0 spiro atoms. The Bertz CT molecular complexity index is 1020. The predicted molar refractivity (Wildman–Crippen MR) is 95.9 cm³/mol. The second kappa shape index (κ2) is 7.16. The normalized spacial score (nSPS) is 19.2. The average molecular weight is 412 g/mol. The van der Waals surface area contributed by atoms with Gasteiger partial charge in [-0.1, -0.05) is 12.5 Å². The van der Waals surface area contributed by atoms with Gasteiger partial charge in [0.25, 0.3) is 18.3 Å². The van der Waals surface area contributed by atoms with E-state index < -0.39 is 24.3 Å². The van der Waals surface area contributed by atoms with Crippen LogP contribution < -0.4 is 5.32 Å². The van der Waals surface area contributed by atoms with Crippen molar-refractivity contribution < 1.29 is 22.4 Å². The topological polar surface area (TPSA) is 59.3 Å². The van der Waals surface area contributed by atoms with Crippen LogP contribution in [0.5, 0.6) is 0 Å². The number of amides is 1. The average Bonchev–Trinajstić information content (AvgIpc) is 3.27. The van der Waals surface area contributed by atoms with Crippen molar-refractivity contribution in [3.63, 3.8) is 0 Å². The van der Waals surface area contributed by atoms with Crippen LogP contribution in [0.25, 0.3) is 16.8 Å². The van der Waals surface area contributed by atoms with Crippen molar-refractivity contribution in [2.24, 2.45) is 0 Å². The van der Waals surface area contributed by atoms with Gasteiger partial charge < -0.3 is 5.32 Å². The highest BCUT2D eigenvalue weighted by atomic mass is 32.1. The predicted octanol–water partition coefficient (Wildman–Crippen LogP) is 4.70. The van der Waals surface area contributed by atoms with E-state index in [0.29, 0.717) is 35.3 Å². The molecule has 0 aromatic carbocycles. The number of carbonyl (C=O) groups excluding carboxylic acids is 1. The summed E-state index contributed by atoms with van der Waals surface area (Å²) >= 11 is 0.516. The van der Waals surface area contributed by atoms with Crippen LogP contribution in [0.2, 0.25) is 0 Å². The van der Waals surface area contributed by atoms with Crippen LogP contribution in [-0.2, 0) is 0 Å². The fourth-order valence-corrected chi connectivity index (χ4v) is 4.22. The number of thiazole rings is 1. The van der Waals surface area contributed by atoms with E-state index in [1.54, 1.807) is 24.4 Å². The molecule has 10 heteroatoms. The maximum absolute atomic E-state index is 14.0. The highest BCUT2D eigenvalue weighted by molar-refractivity contribution is 7.14. The number of fused-ring (bicyclic) bond motifs is 1. The highest BCUT2D eigenvalue weighted by Crippen LogP contribution is 2.38. The van der Waals surface area contributed by atoms with Crippen LogP contribution in [0, 0.1) is 0 Å². The van der Waals surface area contributed by atoms with Crippen molar-refractivity contribution in [2.75, 3.05) is 0 Å². The number of hydrogen-bond acceptors (Lipinski definition) is 4. The van der Waals surface area contributed by atoms with Gasteiger partial charge in [0.15, 0.2) is 5.01 Å². The summed E-state index contributed by atoms with van der Waals surface area (Å²) in [5.41, 5.74) is 0.858. The van der Waals surface area contributed by atoms with Gasteiger partial charge in [0, 0.05) is 18.2 Å². The van der Waals surface area contributed by atoms with Crippen molar-refractivity contribution in [3.05, 3.63) is 40.5 Å². The molecule has 1 N–H and O–H groups in total. The summed E-state index contributed by atoms with van der Waals surface area (Å²) in [4.78, 5) is 16.1. The summed E-state index contributed by atoms with van der Waals surface area (Å²) < 4.78 is 56.6. The van der Waals surface area contributed by atoms with Gasteiger partial charge in [-0.2, -0.15) is 5.10 Å². The minimum atomic E-state index is -3.01. The number of alkyl halides is 4. The summed E-state index contributed by atoms with van der Waals surface area (Å²) in [6, 6.07) is 3.85. The Morgan fingerprint density at radius 2 is 2.14 bits per heavy atom. The smallest absolute Gasteiger partial charge is 0.280 e. The molecule has 1 atom stereocenters. The van der Waals surface area contributed by atoms with Gasteiger partial charge in [-0.15, -0.1) is 11.3 Å². The van der Waals surface area contributed by atoms with E-state index in [-0.39, 0.29) is 28.4 Å². The van der Waals surface area contributed by atoms with E-state index in [9.17, 15) is 22.4 Å². The van der Waals surface area contributed by atoms with Gasteiger partial charge in [-0.3, -0.25) is 4.79 Å². The maximum Gasteiger partial charge on any atom is 0.280 e. The summed E-state index contributed by atoms with van der Waals surface area (Å²) in [6.45, 7) is 0. The zero-order valence-electron chi connectivity index (χ0n) is 14.5. The molecule has 0 radical (unpaired) electrons. The largest absolute Gasteiger partial charge is 0.341 e. The molecule has 1 aliphatic rings. The molecule has 1 fully saturated rings. The van der Waals surface area contributed by atoms with Gasteiger partial charge in [-0.05, 0) is 25.0 Å². The zero-order valence-corrected chi connectivity index (χ0v) is 15.4. The lowest BCUT2D eigenvalue weighted by molar-refractivity contribution is -0.0609. The summed E-state index contributed by atoms with van der Waals surface area (Å²) in [6.07, 6.45) is 1.01. The summed E-state index contributed by atoms with van der Waals surface area (Å²) in [7, 11) is 0. The second-order valence-corrected chi connectivity index (χ2v) is 7.68. The SMILES string of the molecule is O=C(N[C@@H]1CCCCC1(F)F)c1nc(-c2cnn3ccccc23)c(C(F)F)s1. The summed E-state index contributed by atoms with van der Waals surface area (Å²) in [5.74, 6) is -3.87. The molecule has 1 amide bonds. The van der Waals surface area contributed by atoms with E-state index in [4.69, 9.17) is 0 Å². The van der Waals surface area contributed by atoms with Crippen LogP contribution in [0.1, 0.15) is 46.8 Å². The van der Waals surface area contributed by atoms with Gasteiger partial charge >= 0.3 is 0 Å². The van der Waals surface area contributed by atoms with Crippen LogP contribution in [0.3, 0.4) is 0 Å². The molecule has 148 valence electrons. The molecular formula is C18H16F4N4OS. The first-order chi connectivity index (χ1) is 13.4. The quantitative estimate of drug-likeness (QED) is 0.632. The number of pyridine rings is 1. The zero-order chi connectivity index (χ0) is 19.9. The number of nitrogens with one attached hydrogen (secondary N) is 1. The molecule has 0 unspecified atom stereocenters. The first kappa shape index (κ1) is 18.9. The van der Waals surface area contributed by atoms with Gasteiger partial charge in [0.05, 0.1) is 28.3 Å². The van der Waals surface area contributed by atoms with Crippen molar-refractivity contribution in [1.29, 1.82) is 0 Å². The molecule has 1 saturated carbocycles. The fraction of sp³-hybridized carbons (Fsp3) is 0.389. The Morgan fingerprint density at radius 1 is 1.32 bits per heavy atom. The highest BCUT2D eigenvalue weighted by Gasteiger charge is 2.42. The molecule has 3 aromatic heterocycles. The standard InChI is InChI=1S/C18H16F4N4OS/c19-15(20)14-13(10-9-23-26-8-4-2-5-11(10)26)25-17(28-14)16(27)24-12-6-1-3-7-18(12,21)22/h2,4-5,8-9,12,15H,1,3,6-7H2,(H,24,27)/t12-/m1/s1. The van der Waals surface area contributed by atoms with E-state index in [2.05, 4.69) is 15.4 Å². The van der Waals surface area contributed by atoms with Gasteiger partial charge in [0.1, 0.15) is 0 Å². The minimum absolute atomic E-state index is 0.0539. The monoisotopic (exact) mass is 412 g/mol. The summed E-state index contributed by atoms with van der Waals surface area (Å²) in [5, 5.41) is 6.12. The van der Waals surface area contributed by atoms with Crippen LogP contribution >= 0.6 is 11.3 Å². The van der Waals surface area contributed by atoms with Gasteiger partial charge in [0.2, 0.25) is 0 Å². The molecule has 0 aliphatic heterocycles. The van der Waals surface area contributed by atoms with Crippen LogP contribution in [0.4, 0.5) is 17.6 Å². The minimum Gasteiger partial charge on any atom is -0.341 e. The van der Waals surface area contributed by atoms with Crippen molar-refractivity contribution in [2.45, 2.75) is 44.1 Å². The maximum atomic E-state index is 14.0. The first-order valence-corrected chi connectivity index (χ1v) is 9.59. The lowest BCUT2D eigenvalue weighted by Gasteiger charge is -2.31. The van der Waals surface area contributed by atoms with Crippen LogP contribution in [-0.4, -0.2) is 32.5 Å². The van der Waals surface area contributed by atoms with Crippen molar-refractivity contribution >= 4 is 22.8 Å². The Morgan fingerprint density at radius 3 is 2.89 bits per heavy atom. The first-order valence-electron chi connectivity index (χ1n) is 8.77. The van der Waals surface area contributed by atoms with Crippen LogP contribution in [0.15, 0.2) is 30.6 Å². The Labute approximate surface area is 161 Å². The fourth-order valence-electron chi connectivity index (χ4n) is 3.38. The third-order valence-electron chi connectivity index (χ3n) is 4.80. The number of carbonyl (C=O) groups is 1. The molecule has 3 heterocycles. The second-order valence-electron chi connectivity index (χ2n) is 6.65. The lowest BCUT2D eigenvalue weighted by Crippen LogP contribution is -2.49. The lowest BCUT2D eigenvalue weighted by atomic mass is 9.91. The molecule has 5 nitrogen and oxygen atoms in total. The van der Waals surface area contributed by atoms with Crippen molar-refractivity contribution in [3.8, 4) is 11.3 Å². The Hall–Kier alpha value is -2.49. The van der Waals surface area contributed by atoms with E-state index >= 15 is 0 Å². The number of nitrogens with zero attached hydrogens (tertiary/aromatic N) is 3. The molecular weight excluding hydrogens is 396 g/mol. The molecule has 4 rings (SSSR count).